The molecule has 1 atom stereocenters. The smallest absolute Gasteiger partial charge is 0.320 e. The molecule has 24 heavy (non-hydrogen) atoms. The monoisotopic (exact) mass is 345 g/mol. The lowest BCUT2D eigenvalue weighted by atomic mass is 10.1. The number of rotatable bonds is 6. The van der Waals surface area contributed by atoms with Crippen molar-refractivity contribution in [3.05, 3.63) is 64.7 Å². The standard InChI is InChI=1S/C19H20ClNO3/c20-16-4-1-3-15(11-16)13-24-17-8-6-14(7-9-17)12-21-10-2-5-18(21)19(22)23/h1,3-4,6-9,11,18H,2,5,10,12-13H2,(H,22,23). The molecule has 2 aromatic rings. The number of aliphatic carboxylic acids is 1. The summed E-state index contributed by atoms with van der Waals surface area (Å²) in [5.41, 5.74) is 2.12. The molecule has 0 aliphatic carbocycles. The molecule has 1 heterocycles. The Bertz CT molecular complexity index is 702. The summed E-state index contributed by atoms with van der Waals surface area (Å²) in [6, 6.07) is 15.1. The van der Waals surface area contributed by atoms with Gasteiger partial charge in [-0.1, -0.05) is 35.9 Å². The van der Waals surface area contributed by atoms with Gasteiger partial charge in [-0.3, -0.25) is 9.69 Å². The lowest BCUT2D eigenvalue weighted by Crippen LogP contribution is -2.35. The van der Waals surface area contributed by atoms with Gasteiger partial charge in [-0.05, 0) is 54.8 Å². The fourth-order valence-electron chi connectivity index (χ4n) is 3.01. The molecular formula is C19H20ClNO3. The van der Waals surface area contributed by atoms with Gasteiger partial charge in [0.25, 0.3) is 0 Å². The summed E-state index contributed by atoms with van der Waals surface area (Å²) in [6.45, 7) is 1.96. The maximum atomic E-state index is 11.2. The number of carboxylic acid groups (broad SMARTS) is 1. The van der Waals surface area contributed by atoms with Crippen LogP contribution in [0, 0.1) is 0 Å². The Balaban J connectivity index is 1.56. The minimum atomic E-state index is -0.728. The van der Waals surface area contributed by atoms with Crippen molar-refractivity contribution in [2.45, 2.75) is 32.0 Å². The third kappa shape index (κ3) is 4.28. The fourth-order valence-corrected chi connectivity index (χ4v) is 3.23. The van der Waals surface area contributed by atoms with Gasteiger partial charge in [-0.2, -0.15) is 0 Å². The van der Waals surface area contributed by atoms with Crippen LogP contribution in [-0.4, -0.2) is 28.6 Å². The van der Waals surface area contributed by atoms with E-state index in [4.69, 9.17) is 16.3 Å². The van der Waals surface area contributed by atoms with E-state index in [2.05, 4.69) is 0 Å². The van der Waals surface area contributed by atoms with Crippen LogP contribution in [0.1, 0.15) is 24.0 Å². The fraction of sp³-hybridized carbons (Fsp3) is 0.316. The van der Waals surface area contributed by atoms with Crippen LogP contribution in [0.5, 0.6) is 5.75 Å². The van der Waals surface area contributed by atoms with E-state index in [-0.39, 0.29) is 6.04 Å². The van der Waals surface area contributed by atoms with E-state index >= 15 is 0 Å². The van der Waals surface area contributed by atoms with Crippen molar-refractivity contribution in [2.24, 2.45) is 0 Å². The number of hydrogen-bond donors (Lipinski definition) is 1. The van der Waals surface area contributed by atoms with Crippen LogP contribution >= 0.6 is 11.6 Å². The first kappa shape index (κ1) is 16.8. The van der Waals surface area contributed by atoms with Gasteiger partial charge < -0.3 is 9.84 Å². The van der Waals surface area contributed by atoms with Crippen molar-refractivity contribution < 1.29 is 14.6 Å². The van der Waals surface area contributed by atoms with Crippen molar-refractivity contribution >= 4 is 17.6 Å². The van der Waals surface area contributed by atoms with Crippen LogP contribution in [-0.2, 0) is 17.9 Å². The van der Waals surface area contributed by atoms with E-state index in [0.29, 0.717) is 18.2 Å². The lowest BCUT2D eigenvalue weighted by Gasteiger charge is -2.21. The number of carboxylic acids is 1. The highest BCUT2D eigenvalue weighted by Gasteiger charge is 2.30. The molecule has 3 rings (SSSR count). The zero-order chi connectivity index (χ0) is 16.9. The van der Waals surface area contributed by atoms with Crippen molar-refractivity contribution in [1.82, 2.24) is 4.90 Å². The largest absolute Gasteiger partial charge is 0.489 e. The molecule has 0 bridgehead atoms. The van der Waals surface area contributed by atoms with Crippen LogP contribution in [0.25, 0.3) is 0 Å². The molecule has 1 N–H and O–H groups in total. The molecule has 0 spiro atoms. The van der Waals surface area contributed by atoms with E-state index in [1.165, 1.54) is 0 Å². The molecule has 0 saturated carbocycles. The van der Waals surface area contributed by atoms with Crippen LogP contribution in [0.3, 0.4) is 0 Å². The van der Waals surface area contributed by atoms with Gasteiger partial charge in [-0.25, -0.2) is 0 Å². The normalized spacial score (nSPS) is 17.8. The van der Waals surface area contributed by atoms with Gasteiger partial charge in [0, 0.05) is 11.6 Å². The number of halogens is 1. The summed E-state index contributed by atoms with van der Waals surface area (Å²) < 4.78 is 5.77. The molecule has 1 fully saturated rings. The predicted molar refractivity (Wildman–Crippen MR) is 93.3 cm³/mol. The summed E-state index contributed by atoms with van der Waals surface area (Å²) in [6.07, 6.45) is 1.67. The SMILES string of the molecule is O=C(O)C1CCCN1Cc1ccc(OCc2cccc(Cl)c2)cc1. The number of likely N-dealkylation sites (tertiary alicyclic amines) is 1. The molecule has 0 amide bonds. The number of ether oxygens (including phenoxy) is 1. The average Bonchev–Trinajstić information content (AvgIpc) is 3.03. The quantitative estimate of drug-likeness (QED) is 0.860. The van der Waals surface area contributed by atoms with Crippen molar-refractivity contribution in [2.75, 3.05) is 6.54 Å². The summed E-state index contributed by atoms with van der Waals surface area (Å²) in [4.78, 5) is 13.2. The van der Waals surface area contributed by atoms with Crippen molar-refractivity contribution in [3.63, 3.8) is 0 Å². The highest BCUT2D eigenvalue weighted by atomic mass is 35.5. The number of benzene rings is 2. The van der Waals surface area contributed by atoms with Gasteiger partial charge in [0.1, 0.15) is 18.4 Å². The lowest BCUT2D eigenvalue weighted by molar-refractivity contribution is -0.142. The van der Waals surface area contributed by atoms with Crippen LogP contribution in [0.15, 0.2) is 48.5 Å². The molecule has 126 valence electrons. The molecule has 1 saturated heterocycles. The van der Waals surface area contributed by atoms with Crippen LogP contribution < -0.4 is 4.74 Å². The Kier molecular flexibility index (Phi) is 5.38. The third-order valence-electron chi connectivity index (χ3n) is 4.25. The summed E-state index contributed by atoms with van der Waals surface area (Å²) in [5.74, 6) is 0.0592. The highest BCUT2D eigenvalue weighted by Crippen LogP contribution is 2.22. The zero-order valence-electron chi connectivity index (χ0n) is 13.3. The highest BCUT2D eigenvalue weighted by molar-refractivity contribution is 6.30. The Morgan fingerprint density at radius 2 is 2.00 bits per heavy atom. The summed E-state index contributed by atoms with van der Waals surface area (Å²) in [7, 11) is 0. The summed E-state index contributed by atoms with van der Waals surface area (Å²) >= 11 is 5.96. The average molecular weight is 346 g/mol. The molecule has 5 heteroatoms. The maximum Gasteiger partial charge on any atom is 0.320 e. The molecule has 0 aromatic heterocycles. The van der Waals surface area contributed by atoms with E-state index in [1.54, 1.807) is 0 Å². The van der Waals surface area contributed by atoms with Gasteiger partial charge >= 0.3 is 5.97 Å². The van der Waals surface area contributed by atoms with Crippen molar-refractivity contribution in [3.8, 4) is 5.75 Å². The number of carbonyl (C=O) groups is 1. The van der Waals surface area contributed by atoms with Crippen LogP contribution in [0.2, 0.25) is 5.02 Å². The van der Waals surface area contributed by atoms with Crippen LogP contribution in [0.4, 0.5) is 0 Å². The van der Waals surface area contributed by atoms with E-state index in [1.807, 2.05) is 53.4 Å². The first-order chi connectivity index (χ1) is 11.6. The molecule has 2 aromatic carbocycles. The minimum absolute atomic E-state index is 0.358. The predicted octanol–water partition coefficient (Wildman–Crippen LogP) is 3.97. The topological polar surface area (TPSA) is 49.8 Å². The zero-order valence-corrected chi connectivity index (χ0v) is 14.1. The van der Waals surface area contributed by atoms with Crippen molar-refractivity contribution in [1.29, 1.82) is 0 Å². The van der Waals surface area contributed by atoms with E-state index in [0.717, 1.165) is 36.3 Å². The molecule has 1 aliphatic heterocycles. The number of hydrogen-bond acceptors (Lipinski definition) is 3. The Labute approximate surface area is 146 Å². The molecular weight excluding hydrogens is 326 g/mol. The second-order valence-corrected chi connectivity index (χ2v) is 6.47. The van der Waals surface area contributed by atoms with Gasteiger partial charge in [0.05, 0.1) is 0 Å². The molecule has 1 aliphatic rings. The molecule has 1 unspecified atom stereocenters. The van der Waals surface area contributed by atoms with Gasteiger partial charge in [0.2, 0.25) is 0 Å². The Morgan fingerprint density at radius 1 is 1.21 bits per heavy atom. The number of nitrogens with zero attached hydrogens (tertiary/aromatic N) is 1. The Hall–Kier alpha value is -2.04. The molecule has 4 nitrogen and oxygen atoms in total. The van der Waals surface area contributed by atoms with Gasteiger partial charge in [-0.15, -0.1) is 0 Å². The van der Waals surface area contributed by atoms with Gasteiger partial charge in [0.15, 0.2) is 0 Å². The minimum Gasteiger partial charge on any atom is -0.489 e. The Morgan fingerprint density at radius 3 is 2.71 bits per heavy atom. The third-order valence-corrected chi connectivity index (χ3v) is 4.49. The first-order valence-corrected chi connectivity index (χ1v) is 8.42. The summed E-state index contributed by atoms with van der Waals surface area (Å²) in [5, 5.41) is 9.93. The second-order valence-electron chi connectivity index (χ2n) is 6.03. The van der Waals surface area contributed by atoms with E-state index < -0.39 is 5.97 Å². The maximum absolute atomic E-state index is 11.2. The molecule has 0 radical (unpaired) electrons. The van der Waals surface area contributed by atoms with E-state index in [9.17, 15) is 9.90 Å². The second kappa shape index (κ2) is 7.69. The first-order valence-electron chi connectivity index (χ1n) is 8.05.